The molecule has 0 aromatic heterocycles. The molecule has 13 nitrogen and oxygen atoms in total. The summed E-state index contributed by atoms with van der Waals surface area (Å²) in [5.41, 5.74) is 10.4. The van der Waals surface area contributed by atoms with Crippen molar-refractivity contribution in [3.63, 3.8) is 0 Å². The summed E-state index contributed by atoms with van der Waals surface area (Å²) in [7, 11) is 0. The number of nitrogens with two attached hydrogens (primary N) is 2. The van der Waals surface area contributed by atoms with Crippen molar-refractivity contribution in [3.05, 3.63) is 0 Å². The van der Waals surface area contributed by atoms with Crippen LogP contribution in [0.2, 0.25) is 0 Å². The fourth-order valence-electron chi connectivity index (χ4n) is 2.82. The normalized spacial score (nSPS) is 46.7. The summed E-state index contributed by atoms with van der Waals surface area (Å²) in [6.07, 6.45) is -15.1. The Morgan fingerprint density at radius 3 is 1.96 bits per heavy atom. The number of guanidine groups is 1. The minimum Gasteiger partial charge on any atom is -0.394 e. The average Bonchev–Trinajstić information content (AvgIpc) is 2.60. The van der Waals surface area contributed by atoms with Crippen LogP contribution in [0.3, 0.4) is 0 Å². The summed E-state index contributed by atoms with van der Waals surface area (Å²) in [5.74, 6) is -0.411. The molecule has 2 saturated heterocycles. The van der Waals surface area contributed by atoms with Crippen LogP contribution in [-0.2, 0) is 14.2 Å². The summed E-state index contributed by atoms with van der Waals surface area (Å²) in [5, 5.41) is 68.5. The standard InChI is InChI=1S/C13H25N3O10/c14-13(15)16-11-8(22)7(21)10(4(2-18)24-11)26-12-9(23)6(20)5(19)3(1-17)25-12/h3-12,17-23H,1-2H2,(H4,14,15,16)/t3-,4-,5+,6+,7-,8-,9-,10-,11?,12+/m1/s1. The lowest BCUT2D eigenvalue weighted by atomic mass is 9.96. The van der Waals surface area contributed by atoms with Crippen molar-refractivity contribution in [2.24, 2.45) is 16.5 Å². The van der Waals surface area contributed by atoms with Gasteiger partial charge in [0.05, 0.1) is 13.2 Å². The van der Waals surface area contributed by atoms with Gasteiger partial charge in [-0.15, -0.1) is 0 Å². The summed E-state index contributed by atoms with van der Waals surface area (Å²) in [4.78, 5) is 3.60. The monoisotopic (exact) mass is 383 g/mol. The number of aliphatic imine (C=N–C) groups is 1. The molecule has 0 aromatic rings. The molecule has 2 rings (SSSR count). The molecule has 152 valence electrons. The molecule has 0 saturated carbocycles. The molecule has 0 spiro atoms. The molecule has 2 aliphatic rings. The van der Waals surface area contributed by atoms with Crippen LogP contribution >= 0.6 is 0 Å². The molecule has 2 fully saturated rings. The predicted molar refractivity (Wildman–Crippen MR) is 82.2 cm³/mol. The van der Waals surface area contributed by atoms with Crippen molar-refractivity contribution in [3.8, 4) is 0 Å². The first-order chi connectivity index (χ1) is 12.2. The lowest BCUT2D eigenvalue weighted by Gasteiger charge is -2.45. The van der Waals surface area contributed by atoms with Gasteiger partial charge in [0, 0.05) is 0 Å². The van der Waals surface area contributed by atoms with Crippen LogP contribution in [0, 0.1) is 0 Å². The van der Waals surface area contributed by atoms with Crippen LogP contribution in [0.4, 0.5) is 0 Å². The van der Waals surface area contributed by atoms with E-state index in [1.165, 1.54) is 0 Å². The molecule has 0 radical (unpaired) electrons. The van der Waals surface area contributed by atoms with Gasteiger partial charge in [-0.05, 0) is 0 Å². The van der Waals surface area contributed by atoms with Gasteiger partial charge in [-0.1, -0.05) is 0 Å². The third-order valence-corrected chi connectivity index (χ3v) is 4.26. The Morgan fingerprint density at radius 2 is 1.42 bits per heavy atom. The Hall–Kier alpha value is -1.13. The molecular formula is C13H25N3O10. The molecule has 11 N–H and O–H groups in total. The van der Waals surface area contributed by atoms with Gasteiger partial charge in [0.1, 0.15) is 48.8 Å². The first kappa shape index (κ1) is 21.2. The zero-order chi connectivity index (χ0) is 19.6. The highest BCUT2D eigenvalue weighted by atomic mass is 16.7. The van der Waals surface area contributed by atoms with E-state index in [-0.39, 0.29) is 0 Å². The predicted octanol–water partition coefficient (Wildman–Crippen LogP) is -6.12. The molecule has 0 aromatic carbocycles. The largest absolute Gasteiger partial charge is 0.394 e. The second kappa shape index (κ2) is 8.71. The lowest BCUT2D eigenvalue weighted by molar-refractivity contribution is -0.341. The highest BCUT2D eigenvalue weighted by Crippen LogP contribution is 2.29. The van der Waals surface area contributed by atoms with Crippen LogP contribution < -0.4 is 11.5 Å². The number of ether oxygens (including phenoxy) is 3. The van der Waals surface area contributed by atoms with E-state index in [1.807, 2.05) is 0 Å². The molecule has 2 aliphatic heterocycles. The zero-order valence-corrected chi connectivity index (χ0v) is 13.6. The fraction of sp³-hybridized carbons (Fsp3) is 0.923. The van der Waals surface area contributed by atoms with E-state index in [1.54, 1.807) is 0 Å². The average molecular weight is 383 g/mol. The molecule has 26 heavy (non-hydrogen) atoms. The first-order valence-corrected chi connectivity index (χ1v) is 7.88. The molecular weight excluding hydrogens is 358 g/mol. The van der Waals surface area contributed by atoms with E-state index < -0.39 is 80.5 Å². The zero-order valence-electron chi connectivity index (χ0n) is 13.6. The maximum atomic E-state index is 10.3. The van der Waals surface area contributed by atoms with Crippen molar-refractivity contribution < 1.29 is 50.0 Å². The van der Waals surface area contributed by atoms with E-state index in [4.69, 9.17) is 25.7 Å². The SMILES string of the molecule is NC(N)=NC1O[C@H](CO)[C@@H](O[C@@H]2O[C@H](CO)[C@H](O)[C@H](O)[C@H]2O)[C@H](O)[C@H]1O. The molecule has 0 amide bonds. The minimum absolute atomic E-state index is 0.411. The van der Waals surface area contributed by atoms with E-state index in [0.717, 1.165) is 0 Å². The van der Waals surface area contributed by atoms with Crippen LogP contribution in [-0.4, -0.2) is 116 Å². The number of nitrogens with zero attached hydrogens (tertiary/aromatic N) is 1. The van der Waals surface area contributed by atoms with E-state index >= 15 is 0 Å². The number of hydrogen-bond donors (Lipinski definition) is 9. The third kappa shape index (κ3) is 4.23. The van der Waals surface area contributed by atoms with Gasteiger partial charge in [-0.25, -0.2) is 4.99 Å². The highest BCUT2D eigenvalue weighted by molar-refractivity contribution is 5.75. The maximum Gasteiger partial charge on any atom is 0.188 e. The van der Waals surface area contributed by atoms with Gasteiger partial charge in [0.25, 0.3) is 0 Å². The highest BCUT2D eigenvalue weighted by Gasteiger charge is 2.50. The summed E-state index contributed by atoms with van der Waals surface area (Å²) >= 11 is 0. The summed E-state index contributed by atoms with van der Waals surface area (Å²) in [6, 6.07) is 0. The topological polar surface area (TPSA) is 234 Å². The van der Waals surface area contributed by atoms with Gasteiger partial charge in [0.15, 0.2) is 18.5 Å². The van der Waals surface area contributed by atoms with Gasteiger partial charge in [0.2, 0.25) is 0 Å². The van der Waals surface area contributed by atoms with E-state index in [2.05, 4.69) is 4.99 Å². The fourth-order valence-corrected chi connectivity index (χ4v) is 2.82. The Kier molecular flexibility index (Phi) is 7.09. The molecule has 0 aliphatic carbocycles. The third-order valence-electron chi connectivity index (χ3n) is 4.26. The second-order valence-corrected chi connectivity index (χ2v) is 6.08. The molecule has 1 unspecified atom stereocenters. The molecule has 2 heterocycles. The quantitative estimate of drug-likeness (QED) is 0.159. The van der Waals surface area contributed by atoms with E-state index in [0.29, 0.717) is 0 Å². The van der Waals surface area contributed by atoms with Crippen LogP contribution in [0.1, 0.15) is 0 Å². The van der Waals surface area contributed by atoms with Crippen LogP contribution in [0.25, 0.3) is 0 Å². The number of aliphatic hydroxyl groups excluding tert-OH is 7. The second-order valence-electron chi connectivity index (χ2n) is 6.08. The summed E-state index contributed by atoms with van der Waals surface area (Å²) in [6.45, 7) is -1.34. The summed E-state index contributed by atoms with van der Waals surface area (Å²) < 4.78 is 15.8. The first-order valence-electron chi connectivity index (χ1n) is 7.88. The van der Waals surface area contributed by atoms with Crippen molar-refractivity contribution in [1.29, 1.82) is 0 Å². The van der Waals surface area contributed by atoms with Gasteiger partial charge in [-0.3, -0.25) is 0 Å². The Labute approximate surface area is 148 Å². The minimum atomic E-state index is -1.73. The Bertz CT molecular complexity index is 489. The van der Waals surface area contributed by atoms with Crippen molar-refractivity contribution in [2.45, 2.75) is 61.3 Å². The number of rotatable bonds is 5. The van der Waals surface area contributed by atoms with Crippen molar-refractivity contribution in [1.82, 2.24) is 0 Å². The van der Waals surface area contributed by atoms with Crippen LogP contribution in [0.15, 0.2) is 4.99 Å². The van der Waals surface area contributed by atoms with E-state index in [9.17, 15) is 35.7 Å². The molecule has 13 heteroatoms. The molecule has 10 atom stereocenters. The number of hydrogen-bond acceptors (Lipinski definition) is 11. The smallest absolute Gasteiger partial charge is 0.188 e. The van der Waals surface area contributed by atoms with Crippen LogP contribution in [0.5, 0.6) is 0 Å². The Morgan fingerprint density at radius 1 is 0.808 bits per heavy atom. The van der Waals surface area contributed by atoms with Crippen molar-refractivity contribution >= 4 is 5.96 Å². The maximum absolute atomic E-state index is 10.3. The van der Waals surface area contributed by atoms with Gasteiger partial charge >= 0.3 is 0 Å². The van der Waals surface area contributed by atoms with Gasteiger partial charge < -0.3 is 61.4 Å². The van der Waals surface area contributed by atoms with Crippen molar-refractivity contribution in [2.75, 3.05) is 13.2 Å². The number of aliphatic hydroxyl groups is 7. The lowest BCUT2D eigenvalue weighted by Crippen LogP contribution is -2.64. The van der Waals surface area contributed by atoms with Gasteiger partial charge in [-0.2, -0.15) is 0 Å². The molecule has 0 bridgehead atoms. The Balaban J connectivity index is 2.15.